The minimum atomic E-state index is -0.975. The Kier molecular flexibility index (Phi) is 6.09. The highest BCUT2D eigenvalue weighted by molar-refractivity contribution is 5.89. The average Bonchev–Trinajstić information content (AvgIpc) is 3.17. The Morgan fingerprint density at radius 3 is 2.55 bits per heavy atom. The van der Waals surface area contributed by atoms with Gasteiger partial charge in [-0.05, 0) is 54.4 Å². The Morgan fingerprint density at radius 1 is 1.14 bits per heavy atom. The Labute approximate surface area is 167 Å². The first-order valence-electron chi connectivity index (χ1n) is 8.85. The van der Waals surface area contributed by atoms with E-state index in [0.717, 1.165) is 22.4 Å². The molecule has 2 N–H and O–H groups in total. The van der Waals surface area contributed by atoms with Crippen molar-refractivity contribution in [1.29, 1.82) is 0 Å². The van der Waals surface area contributed by atoms with E-state index in [0.29, 0.717) is 11.5 Å². The molecule has 0 saturated heterocycles. The van der Waals surface area contributed by atoms with Gasteiger partial charge in [0.25, 0.3) is 0 Å². The molecule has 7 heteroatoms. The van der Waals surface area contributed by atoms with Crippen molar-refractivity contribution in [2.45, 2.75) is 13.3 Å². The highest BCUT2D eigenvalue weighted by Crippen LogP contribution is 2.26. The minimum absolute atomic E-state index is 0.194. The third-order valence-corrected chi connectivity index (χ3v) is 4.27. The molecule has 1 aromatic heterocycles. The summed E-state index contributed by atoms with van der Waals surface area (Å²) in [5.41, 5.74) is 5.11. The van der Waals surface area contributed by atoms with Crippen LogP contribution in [0.25, 0.3) is 11.3 Å². The molecule has 0 atom stereocenters. The molecule has 0 unspecified atom stereocenters. The van der Waals surface area contributed by atoms with Gasteiger partial charge < -0.3 is 14.3 Å². The number of carbonyl (C=O) groups is 2. The number of carbonyl (C=O) groups excluding carboxylic acids is 1. The van der Waals surface area contributed by atoms with Crippen LogP contribution in [0.5, 0.6) is 5.75 Å². The smallest absolute Gasteiger partial charge is 0.335 e. The van der Waals surface area contributed by atoms with Crippen molar-refractivity contribution < 1.29 is 23.8 Å². The number of hydrogen-bond acceptors (Lipinski definition) is 5. The van der Waals surface area contributed by atoms with Gasteiger partial charge in [0, 0.05) is 5.56 Å². The number of aromatic carboxylic acids is 1. The van der Waals surface area contributed by atoms with Gasteiger partial charge in [0.1, 0.15) is 17.3 Å². The maximum Gasteiger partial charge on any atom is 0.335 e. The van der Waals surface area contributed by atoms with Crippen molar-refractivity contribution in [3.05, 3.63) is 77.0 Å². The van der Waals surface area contributed by atoms with Crippen molar-refractivity contribution in [2.75, 3.05) is 7.11 Å². The fourth-order valence-corrected chi connectivity index (χ4v) is 2.78. The molecule has 0 fully saturated rings. The van der Waals surface area contributed by atoms with E-state index in [1.807, 2.05) is 19.1 Å². The molecule has 0 spiro atoms. The van der Waals surface area contributed by atoms with Gasteiger partial charge >= 0.3 is 5.97 Å². The second kappa shape index (κ2) is 8.88. The number of nitrogens with one attached hydrogen (secondary N) is 1. The first kappa shape index (κ1) is 19.9. The maximum atomic E-state index is 12.0. The summed E-state index contributed by atoms with van der Waals surface area (Å²) >= 11 is 0. The number of benzene rings is 2. The molecule has 0 radical (unpaired) electrons. The number of aryl methyl sites for hydroxylation is 1. The van der Waals surface area contributed by atoms with Gasteiger partial charge in [-0.25, -0.2) is 10.2 Å². The molecule has 29 heavy (non-hydrogen) atoms. The Morgan fingerprint density at radius 2 is 1.90 bits per heavy atom. The lowest BCUT2D eigenvalue weighted by Gasteiger charge is -2.04. The number of ether oxygens (including phenoxy) is 1. The average molecular weight is 392 g/mol. The molecule has 148 valence electrons. The van der Waals surface area contributed by atoms with E-state index in [2.05, 4.69) is 10.5 Å². The number of carboxylic acids is 1. The predicted molar refractivity (Wildman–Crippen MR) is 108 cm³/mol. The van der Waals surface area contributed by atoms with Crippen LogP contribution in [-0.2, 0) is 11.2 Å². The van der Waals surface area contributed by atoms with E-state index >= 15 is 0 Å². The van der Waals surface area contributed by atoms with E-state index in [1.54, 1.807) is 43.5 Å². The summed E-state index contributed by atoms with van der Waals surface area (Å²) < 4.78 is 10.8. The van der Waals surface area contributed by atoms with Gasteiger partial charge in [0.05, 0.1) is 25.3 Å². The number of amides is 1. The SMILES string of the molecule is COc1ccc(CC(=O)N/N=C/c2ccc(-c3ccc(C(=O)O)cc3C)o2)cc1. The summed E-state index contributed by atoms with van der Waals surface area (Å²) in [4.78, 5) is 23.0. The highest BCUT2D eigenvalue weighted by atomic mass is 16.5. The van der Waals surface area contributed by atoms with Crippen LogP contribution in [0.4, 0.5) is 0 Å². The number of rotatable bonds is 7. The van der Waals surface area contributed by atoms with Crippen LogP contribution in [0.2, 0.25) is 0 Å². The van der Waals surface area contributed by atoms with Gasteiger partial charge in [-0.1, -0.05) is 18.2 Å². The van der Waals surface area contributed by atoms with Crippen molar-refractivity contribution in [2.24, 2.45) is 5.10 Å². The first-order chi connectivity index (χ1) is 14.0. The van der Waals surface area contributed by atoms with Crippen LogP contribution >= 0.6 is 0 Å². The Hall–Kier alpha value is -3.87. The van der Waals surface area contributed by atoms with Crippen molar-refractivity contribution in [1.82, 2.24) is 5.43 Å². The predicted octanol–water partition coefficient (Wildman–Crippen LogP) is 3.65. The second-order valence-electron chi connectivity index (χ2n) is 6.35. The molecule has 3 aromatic rings. The number of hydrogen-bond donors (Lipinski definition) is 2. The van der Waals surface area contributed by atoms with Crippen LogP contribution in [0, 0.1) is 6.92 Å². The quantitative estimate of drug-likeness (QED) is 0.472. The van der Waals surface area contributed by atoms with Crippen molar-refractivity contribution >= 4 is 18.1 Å². The summed E-state index contributed by atoms with van der Waals surface area (Å²) in [6.45, 7) is 1.82. The molecule has 0 bridgehead atoms. The molecular weight excluding hydrogens is 372 g/mol. The standard InChI is InChI=1S/C22H20N2O5/c1-14-11-16(22(26)27)5-9-19(14)20-10-8-18(29-20)13-23-24-21(25)12-15-3-6-17(28-2)7-4-15/h3-11,13H,12H2,1-2H3,(H,24,25)(H,26,27)/b23-13+. The number of methoxy groups -OCH3 is 1. The second-order valence-corrected chi connectivity index (χ2v) is 6.35. The van der Waals surface area contributed by atoms with E-state index in [-0.39, 0.29) is 17.9 Å². The first-order valence-corrected chi connectivity index (χ1v) is 8.85. The fraction of sp³-hybridized carbons (Fsp3) is 0.136. The largest absolute Gasteiger partial charge is 0.497 e. The van der Waals surface area contributed by atoms with Crippen LogP contribution in [0.3, 0.4) is 0 Å². The lowest BCUT2D eigenvalue weighted by Crippen LogP contribution is -2.19. The summed E-state index contributed by atoms with van der Waals surface area (Å²) in [7, 11) is 1.59. The lowest BCUT2D eigenvalue weighted by molar-refractivity contribution is -0.120. The molecule has 3 rings (SSSR count). The normalized spacial score (nSPS) is 10.8. The van der Waals surface area contributed by atoms with E-state index in [4.69, 9.17) is 14.3 Å². The molecule has 0 aliphatic heterocycles. The number of furan rings is 1. The minimum Gasteiger partial charge on any atom is -0.497 e. The zero-order chi connectivity index (χ0) is 20.8. The number of nitrogens with zero attached hydrogens (tertiary/aromatic N) is 1. The summed E-state index contributed by atoms with van der Waals surface area (Å²) in [6, 6.07) is 15.5. The summed E-state index contributed by atoms with van der Waals surface area (Å²) in [5.74, 6) is 0.557. The van der Waals surface area contributed by atoms with Crippen LogP contribution in [-0.4, -0.2) is 30.3 Å². The van der Waals surface area contributed by atoms with Crippen molar-refractivity contribution in [3.63, 3.8) is 0 Å². The molecule has 1 heterocycles. The molecule has 0 aliphatic rings. The van der Waals surface area contributed by atoms with E-state index in [1.165, 1.54) is 12.3 Å². The number of hydrazone groups is 1. The zero-order valence-electron chi connectivity index (χ0n) is 16.0. The van der Waals surface area contributed by atoms with Crippen LogP contribution < -0.4 is 10.2 Å². The third kappa shape index (κ3) is 5.10. The molecular formula is C22H20N2O5. The number of carboxylic acid groups (broad SMARTS) is 1. The van der Waals surface area contributed by atoms with Gasteiger partial charge in [0.2, 0.25) is 5.91 Å². The molecule has 2 aromatic carbocycles. The van der Waals surface area contributed by atoms with E-state index in [9.17, 15) is 9.59 Å². The summed E-state index contributed by atoms with van der Waals surface area (Å²) in [6.07, 6.45) is 1.61. The monoisotopic (exact) mass is 392 g/mol. The van der Waals surface area contributed by atoms with Crippen molar-refractivity contribution in [3.8, 4) is 17.1 Å². The Bertz CT molecular complexity index is 1050. The molecule has 1 amide bonds. The van der Waals surface area contributed by atoms with Gasteiger partial charge in [0.15, 0.2) is 0 Å². The maximum absolute atomic E-state index is 12.0. The van der Waals surface area contributed by atoms with Crippen LogP contribution in [0.15, 0.2) is 64.1 Å². The van der Waals surface area contributed by atoms with Gasteiger partial charge in [-0.2, -0.15) is 5.10 Å². The third-order valence-electron chi connectivity index (χ3n) is 4.27. The Balaban J connectivity index is 1.60. The van der Waals surface area contributed by atoms with Gasteiger partial charge in [-0.3, -0.25) is 4.79 Å². The van der Waals surface area contributed by atoms with Gasteiger partial charge in [-0.15, -0.1) is 0 Å². The fourth-order valence-electron chi connectivity index (χ4n) is 2.78. The highest BCUT2D eigenvalue weighted by Gasteiger charge is 2.10. The van der Waals surface area contributed by atoms with Crippen LogP contribution in [0.1, 0.15) is 27.2 Å². The molecule has 0 aliphatic carbocycles. The topological polar surface area (TPSA) is 101 Å². The lowest BCUT2D eigenvalue weighted by atomic mass is 10.0. The molecule has 7 nitrogen and oxygen atoms in total. The van der Waals surface area contributed by atoms with E-state index < -0.39 is 5.97 Å². The zero-order valence-corrected chi connectivity index (χ0v) is 16.0. The molecule has 0 saturated carbocycles. The summed E-state index contributed by atoms with van der Waals surface area (Å²) in [5, 5.41) is 13.0.